The van der Waals surface area contributed by atoms with Crippen molar-refractivity contribution in [1.29, 1.82) is 0 Å². The lowest BCUT2D eigenvalue weighted by atomic mass is 10.2. The molecule has 116 valence electrons. The highest BCUT2D eigenvalue weighted by atomic mass is 32.2. The van der Waals surface area contributed by atoms with E-state index in [4.69, 9.17) is 9.47 Å². The molecular formula is C15H21NO4S. The van der Waals surface area contributed by atoms with Gasteiger partial charge in [-0.15, -0.1) is 0 Å². The lowest BCUT2D eigenvalue weighted by molar-refractivity contribution is 0.297. The van der Waals surface area contributed by atoms with Gasteiger partial charge in [-0.1, -0.05) is 0 Å². The Bertz CT molecular complexity index is 614. The summed E-state index contributed by atoms with van der Waals surface area (Å²) in [7, 11) is -3.01. The number of ether oxygens (including phenoxy) is 2. The van der Waals surface area contributed by atoms with Crippen LogP contribution in [0.3, 0.4) is 0 Å². The van der Waals surface area contributed by atoms with Crippen LogP contribution in [0.2, 0.25) is 0 Å². The molecule has 1 saturated carbocycles. The highest BCUT2D eigenvalue weighted by Crippen LogP contribution is 2.34. The van der Waals surface area contributed by atoms with E-state index in [0.29, 0.717) is 13.2 Å². The number of fused-ring (bicyclic) bond motifs is 1. The molecule has 1 fully saturated rings. The second-order valence-corrected chi connectivity index (χ2v) is 8.03. The monoisotopic (exact) mass is 311 g/mol. The summed E-state index contributed by atoms with van der Waals surface area (Å²) in [4.78, 5) is 0. The van der Waals surface area contributed by atoms with Gasteiger partial charge in [-0.25, -0.2) is 8.42 Å². The molecule has 2 aliphatic rings. The van der Waals surface area contributed by atoms with E-state index in [1.807, 2.05) is 18.2 Å². The van der Waals surface area contributed by atoms with Crippen LogP contribution in [-0.4, -0.2) is 39.2 Å². The number of rotatable bonds is 3. The molecule has 0 spiro atoms. The summed E-state index contributed by atoms with van der Waals surface area (Å²) < 4.78 is 34.9. The summed E-state index contributed by atoms with van der Waals surface area (Å²) in [6.07, 6.45) is 4.76. The van der Waals surface area contributed by atoms with E-state index in [0.717, 1.165) is 42.9 Å². The maximum Gasteiger partial charge on any atom is 0.163 e. The van der Waals surface area contributed by atoms with Gasteiger partial charge in [0.05, 0.1) is 18.5 Å². The number of hydrogen-bond donors (Lipinski definition) is 1. The second kappa shape index (κ2) is 5.75. The topological polar surface area (TPSA) is 64.6 Å². The van der Waals surface area contributed by atoms with Crippen molar-refractivity contribution in [3.8, 4) is 11.5 Å². The number of sulfone groups is 1. The maximum absolute atomic E-state index is 11.8. The summed E-state index contributed by atoms with van der Waals surface area (Å²) in [6.45, 7) is 1.31. The zero-order chi connectivity index (χ0) is 14.9. The van der Waals surface area contributed by atoms with Gasteiger partial charge in [0.2, 0.25) is 0 Å². The van der Waals surface area contributed by atoms with Gasteiger partial charge < -0.3 is 14.8 Å². The molecule has 1 heterocycles. The molecule has 1 aliphatic carbocycles. The number of anilines is 1. The molecule has 1 aromatic rings. The van der Waals surface area contributed by atoms with Crippen molar-refractivity contribution >= 4 is 15.5 Å². The van der Waals surface area contributed by atoms with Gasteiger partial charge in [0.15, 0.2) is 21.3 Å². The Morgan fingerprint density at radius 3 is 2.62 bits per heavy atom. The predicted octanol–water partition coefficient (Wildman–Crippen LogP) is 2.23. The average Bonchev–Trinajstić information content (AvgIpc) is 2.77. The third kappa shape index (κ3) is 3.26. The Morgan fingerprint density at radius 1 is 1.10 bits per heavy atom. The SMILES string of the molecule is CS(=O)(=O)C1CCCC1Nc1ccc2c(c1)OCCCO2. The Hall–Kier alpha value is -1.43. The van der Waals surface area contributed by atoms with E-state index >= 15 is 0 Å². The second-order valence-electron chi connectivity index (χ2n) is 5.76. The first-order chi connectivity index (χ1) is 10.0. The lowest BCUT2D eigenvalue weighted by Crippen LogP contribution is -2.34. The first-order valence-corrected chi connectivity index (χ1v) is 9.34. The molecule has 0 bridgehead atoms. The van der Waals surface area contributed by atoms with E-state index in [1.165, 1.54) is 6.26 Å². The van der Waals surface area contributed by atoms with Gasteiger partial charge >= 0.3 is 0 Å². The van der Waals surface area contributed by atoms with E-state index in [2.05, 4.69) is 5.32 Å². The summed E-state index contributed by atoms with van der Waals surface area (Å²) in [6, 6.07) is 5.68. The van der Waals surface area contributed by atoms with Crippen LogP contribution in [0.15, 0.2) is 18.2 Å². The van der Waals surface area contributed by atoms with Crippen LogP contribution in [0, 0.1) is 0 Å². The quantitative estimate of drug-likeness (QED) is 0.927. The molecule has 1 aliphatic heterocycles. The number of hydrogen-bond acceptors (Lipinski definition) is 5. The molecule has 0 aromatic heterocycles. The van der Waals surface area contributed by atoms with Gasteiger partial charge in [0.25, 0.3) is 0 Å². The smallest absolute Gasteiger partial charge is 0.163 e. The molecule has 0 amide bonds. The largest absolute Gasteiger partial charge is 0.490 e. The van der Waals surface area contributed by atoms with Gasteiger partial charge in [-0.3, -0.25) is 0 Å². The normalized spacial score (nSPS) is 25.4. The molecule has 0 radical (unpaired) electrons. The molecule has 3 rings (SSSR count). The maximum atomic E-state index is 11.8. The fraction of sp³-hybridized carbons (Fsp3) is 0.600. The molecule has 2 unspecified atom stereocenters. The van der Waals surface area contributed by atoms with Gasteiger partial charge in [-0.2, -0.15) is 0 Å². The van der Waals surface area contributed by atoms with Crippen LogP contribution in [0.5, 0.6) is 11.5 Å². The van der Waals surface area contributed by atoms with E-state index < -0.39 is 9.84 Å². The van der Waals surface area contributed by atoms with E-state index in [1.54, 1.807) is 0 Å². The molecular weight excluding hydrogens is 290 g/mol. The first kappa shape index (κ1) is 14.5. The third-order valence-corrected chi connectivity index (χ3v) is 5.77. The third-order valence-electron chi connectivity index (χ3n) is 4.10. The minimum absolute atomic E-state index is 0.0234. The molecule has 6 heteroatoms. The van der Waals surface area contributed by atoms with Crippen molar-refractivity contribution in [3.63, 3.8) is 0 Å². The zero-order valence-corrected chi connectivity index (χ0v) is 13.0. The molecule has 21 heavy (non-hydrogen) atoms. The van der Waals surface area contributed by atoms with Crippen molar-refractivity contribution in [2.45, 2.75) is 37.0 Å². The minimum atomic E-state index is -3.01. The highest BCUT2D eigenvalue weighted by molar-refractivity contribution is 7.91. The Balaban J connectivity index is 1.77. The zero-order valence-electron chi connectivity index (χ0n) is 12.2. The molecule has 0 saturated heterocycles. The molecule has 5 nitrogen and oxygen atoms in total. The molecule has 1 aromatic carbocycles. The number of nitrogens with one attached hydrogen (secondary N) is 1. The van der Waals surface area contributed by atoms with Crippen LogP contribution < -0.4 is 14.8 Å². The van der Waals surface area contributed by atoms with Crippen molar-refractivity contribution < 1.29 is 17.9 Å². The van der Waals surface area contributed by atoms with Crippen molar-refractivity contribution in [2.24, 2.45) is 0 Å². The average molecular weight is 311 g/mol. The van der Waals surface area contributed by atoms with Crippen LogP contribution >= 0.6 is 0 Å². The Kier molecular flexibility index (Phi) is 3.97. The van der Waals surface area contributed by atoms with Crippen molar-refractivity contribution in [3.05, 3.63) is 18.2 Å². The van der Waals surface area contributed by atoms with E-state index in [9.17, 15) is 8.42 Å². The van der Waals surface area contributed by atoms with Crippen LogP contribution in [-0.2, 0) is 9.84 Å². The summed E-state index contributed by atoms with van der Waals surface area (Å²) in [5, 5.41) is 3.06. The first-order valence-electron chi connectivity index (χ1n) is 7.39. The van der Waals surface area contributed by atoms with Crippen molar-refractivity contribution in [2.75, 3.05) is 24.8 Å². The Labute approximate surface area is 125 Å². The highest BCUT2D eigenvalue weighted by Gasteiger charge is 2.34. The standard InChI is InChI=1S/C15H21NO4S/c1-21(17,18)15-5-2-4-12(15)16-11-6-7-13-14(10-11)20-9-3-8-19-13/h6-7,10,12,15-16H,2-5,8-9H2,1H3. The fourth-order valence-electron chi connectivity index (χ4n) is 3.07. The Morgan fingerprint density at radius 2 is 1.86 bits per heavy atom. The predicted molar refractivity (Wildman–Crippen MR) is 81.9 cm³/mol. The summed E-state index contributed by atoms with van der Waals surface area (Å²) >= 11 is 0. The summed E-state index contributed by atoms with van der Waals surface area (Å²) in [5.41, 5.74) is 0.889. The van der Waals surface area contributed by atoms with Crippen molar-refractivity contribution in [1.82, 2.24) is 0 Å². The van der Waals surface area contributed by atoms with Crippen LogP contribution in [0.4, 0.5) is 5.69 Å². The van der Waals surface area contributed by atoms with Gasteiger partial charge in [-0.05, 0) is 31.4 Å². The van der Waals surface area contributed by atoms with Gasteiger partial charge in [0.1, 0.15) is 0 Å². The number of benzene rings is 1. The minimum Gasteiger partial charge on any atom is -0.490 e. The molecule has 2 atom stereocenters. The molecule has 1 N–H and O–H groups in total. The van der Waals surface area contributed by atoms with E-state index in [-0.39, 0.29) is 11.3 Å². The fourth-order valence-corrected chi connectivity index (χ4v) is 4.47. The van der Waals surface area contributed by atoms with Gasteiger partial charge in [0, 0.05) is 30.5 Å². The summed E-state index contributed by atoms with van der Waals surface area (Å²) in [5.74, 6) is 1.48. The van der Waals surface area contributed by atoms with Crippen LogP contribution in [0.25, 0.3) is 0 Å². The lowest BCUT2D eigenvalue weighted by Gasteiger charge is -2.21. The van der Waals surface area contributed by atoms with Crippen LogP contribution in [0.1, 0.15) is 25.7 Å².